The molecule has 1 saturated heterocycles. The van der Waals surface area contributed by atoms with E-state index in [2.05, 4.69) is 10.0 Å². The van der Waals surface area contributed by atoms with Crippen molar-refractivity contribution in [2.75, 3.05) is 25.1 Å². The van der Waals surface area contributed by atoms with Gasteiger partial charge in [-0.05, 0) is 24.3 Å². The van der Waals surface area contributed by atoms with Crippen molar-refractivity contribution in [3.63, 3.8) is 0 Å². The molecule has 1 unspecified atom stereocenters. The monoisotopic (exact) mass is 314 g/mol. The van der Waals surface area contributed by atoms with Crippen molar-refractivity contribution in [3.8, 4) is 0 Å². The summed E-state index contributed by atoms with van der Waals surface area (Å²) in [6.45, 7) is 1.82. The summed E-state index contributed by atoms with van der Waals surface area (Å²) >= 11 is 0. The third kappa shape index (κ3) is 4.24. The zero-order valence-corrected chi connectivity index (χ0v) is 12.4. The smallest absolute Gasteiger partial charge is 0.240 e. The SMILES string of the molecule is CC(=O)Nc1ccc(S(=O)(=O)NCC2(O)CCOC2)cc1. The number of hydrogen-bond donors (Lipinski definition) is 3. The summed E-state index contributed by atoms with van der Waals surface area (Å²) in [5.74, 6) is -0.229. The van der Waals surface area contributed by atoms with E-state index < -0.39 is 15.6 Å². The topological polar surface area (TPSA) is 105 Å². The van der Waals surface area contributed by atoms with E-state index in [-0.39, 0.29) is 24.0 Å². The number of carbonyl (C=O) groups is 1. The van der Waals surface area contributed by atoms with Gasteiger partial charge in [-0.2, -0.15) is 0 Å². The van der Waals surface area contributed by atoms with Gasteiger partial charge in [-0.25, -0.2) is 13.1 Å². The molecule has 8 heteroatoms. The Morgan fingerprint density at radius 3 is 2.57 bits per heavy atom. The fraction of sp³-hybridized carbons (Fsp3) is 0.462. The third-order valence-corrected chi connectivity index (χ3v) is 4.58. The minimum absolute atomic E-state index is 0.0686. The predicted octanol–water partition coefficient (Wildman–Crippen LogP) is 0.0747. The Morgan fingerprint density at radius 1 is 1.38 bits per heavy atom. The molecule has 0 radical (unpaired) electrons. The van der Waals surface area contributed by atoms with Crippen molar-refractivity contribution in [3.05, 3.63) is 24.3 Å². The van der Waals surface area contributed by atoms with E-state index in [9.17, 15) is 18.3 Å². The van der Waals surface area contributed by atoms with Gasteiger partial charge in [0.05, 0.1) is 11.5 Å². The van der Waals surface area contributed by atoms with Gasteiger partial charge in [0.2, 0.25) is 15.9 Å². The van der Waals surface area contributed by atoms with Crippen LogP contribution in [0.4, 0.5) is 5.69 Å². The summed E-state index contributed by atoms with van der Waals surface area (Å²) in [6, 6.07) is 5.79. The Bertz CT molecular complexity index is 606. The maximum atomic E-state index is 12.1. The van der Waals surface area contributed by atoms with Crippen LogP contribution in [-0.2, 0) is 19.6 Å². The Hall–Kier alpha value is -1.48. The van der Waals surface area contributed by atoms with E-state index >= 15 is 0 Å². The molecule has 2 rings (SSSR count). The first-order valence-electron chi connectivity index (χ1n) is 6.48. The van der Waals surface area contributed by atoms with Gasteiger partial charge in [-0.1, -0.05) is 0 Å². The van der Waals surface area contributed by atoms with Gasteiger partial charge < -0.3 is 15.2 Å². The molecular formula is C13H18N2O5S. The fourth-order valence-electron chi connectivity index (χ4n) is 1.97. The Kier molecular flexibility index (Phi) is 4.62. The van der Waals surface area contributed by atoms with Gasteiger partial charge in [-0.15, -0.1) is 0 Å². The molecule has 1 aromatic carbocycles. The summed E-state index contributed by atoms with van der Waals surface area (Å²) in [4.78, 5) is 11.0. The summed E-state index contributed by atoms with van der Waals surface area (Å²) < 4.78 is 31.7. The van der Waals surface area contributed by atoms with Crippen molar-refractivity contribution in [2.45, 2.75) is 23.8 Å². The second-order valence-corrected chi connectivity index (χ2v) is 6.82. The van der Waals surface area contributed by atoms with Crippen molar-refractivity contribution in [2.24, 2.45) is 0 Å². The van der Waals surface area contributed by atoms with E-state index in [0.717, 1.165) is 0 Å². The predicted molar refractivity (Wildman–Crippen MR) is 76.3 cm³/mol. The van der Waals surface area contributed by atoms with Crippen LogP contribution in [0.1, 0.15) is 13.3 Å². The molecule has 0 aromatic heterocycles. The van der Waals surface area contributed by atoms with E-state index in [1.165, 1.54) is 31.2 Å². The normalized spacial score (nSPS) is 22.2. The van der Waals surface area contributed by atoms with Crippen LogP contribution in [0.5, 0.6) is 0 Å². The van der Waals surface area contributed by atoms with Crippen LogP contribution in [-0.4, -0.2) is 44.8 Å². The Morgan fingerprint density at radius 2 is 2.05 bits per heavy atom. The van der Waals surface area contributed by atoms with Gasteiger partial charge in [-0.3, -0.25) is 4.79 Å². The summed E-state index contributed by atoms with van der Waals surface area (Å²) in [6.07, 6.45) is 0.400. The molecule has 0 aliphatic carbocycles. The molecule has 1 aliphatic rings. The molecule has 116 valence electrons. The van der Waals surface area contributed by atoms with E-state index in [4.69, 9.17) is 4.74 Å². The molecule has 1 amide bonds. The van der Waals surface area contributed by atoms with E-state index in [1.807, 2.05) is 0 Å². The number of aliphatic hydroxyl groups is 1. The number of rotatable bonds is 5. The average Bonchev–Trinajstić information content (AvgIpc) is 2.84. The van der Waals surface area contributed by atoms with Gasteiger partial charge in [0.1, 0.15) is 5.60 Å². The zero-order valence-electron chi connectivity index (χ0n) is 11.6. The lowest BCUT2D eigenvalue weighted by Gasteiger charge is -2.20. The quantitative estimate of drug-likeness (QED) is 0.713. The van der Waals surface area contributed by atoms with Gasteiger partial charge in [0, 0.05) is 32.2 Å². The standard InChI is InChI=1S/C13H18N2O5S/c1-10(16)15-11-2-4-12(5-3-11)21(18,19)14-8-13(17)6-7-20-9-13/h2-5,14,17H,6-9H2,1H3,(H,15,16). The number of carbonyl (C=O) groups excluding carboxylic acids is 1. The van der Waals surface area contributed by atoms with Crippen molar-refractivity contribution < 1.29 is 23.1 Å². The van der Waals surface area contributed by atoms with Crippen LogP contribution in [0.2, 0.25) is 0 Å². The highest BCUT2D eigenvalue weighted by Crippen LogP contribution is 2.19. The van der Waals surface area contributed by atoms with Crippen LogP contribution in [0.25, 0.3) is 0 Å². The van der Waals surface area contributed by atoms with Crippen molar-refractivity contribution in [1.29, 1.82) is 0 Å². The van der Waals surface area contributed by atoms with Crippen LogP contribution in [0.3, 0.4) is 0 Å². The molecule has 1 fully saturated rings. The first-order valence-corrected chi connectivity index (χ1v) is 7.97. The highest BCUT2D eigenvalue weighted by atomic mass is 32.2. The summed E-state index contributed by atoms with van der Waals surface area (Å²) in [5.41, 5.74) is -0.632. The largest absolute Gasteiger partial charge is 0.386 e. The first-order chi connectivity index (χ1) is 9.81. The van der Waals surface area contributed by atoms with Gasteiger partial charge >= 0.3 is 0 Å². The third-order valence-electron chi connectivity index (χ3n) is 3.16. The molecule has 0 bridgehead atoms. The Balaban J connectivity index is 2.03. The van der Waals surface area contributed by atoms with Crippen LogP contribution < -0.4 is 10.0 Å². The number of benzene rings is 1. The fourth-order valence-corrected chi connectivity index (χ4v) is 3.09. The summed E-state index contributed by atoms with van der Waals surface area (Å²) in [7, 11) is -3.71. The number of nitrogens with one attached hydrogen (secondary N) is 2. The zero-order chi connectivity index (χ0) is 15.5. The lowest BCUT2D eigenvalue weighted by molar-refractivity contribution is -0.114. The lowest BCUT2D eigenvalue weighted by Crippen LogP contribution is -2.43. The molecule has 1 atom stereocenters. The molecule has 1 aromatic rings. The first kappa shape index (κ1) is 15.9. The van der Waals surface area contributed by atoms with Gasteiger partial charge in [0.15, 0.2) is 0 Å². The van der Waals surface area contributed by atoms with Crippen LogP contribution in [0.15, 0.2) is 29.2 Å². The lowest BCUT2D eigenvalue weighted by atomic mass is 10.1. The van der Waals surface area contributed by atoms with E-state index in [1.54, 1.807) is 0 Å². The molecular weight excluding hydrogens is 296 g/mol. The van der Waals surface area contributed by atoms with Crippen LogP contribution >= 0.6 is 0 Å². The molecule has 21 heavy (non-hydrogen) atoms. The van der Waals surface area contributed by atoms with Crippen molar-refractivity contribution >= 4 is 21.6 Å². The highest BCUT2D eigenvalue weighted by Gasteiger charge is 2.33. The molecule has 1 heterocycles. The molecule has 3 N–H and O–H groups in total. The summed E-state index contributed by atoms with van der Waals surface area (Å²) in [5, 5.41) is 12.6. The number of hydrogen-bond acceptors (Lipinski definition) is 5. The number of amides is 1. The van der Waals surface area contributed by atoms with Crippen molar-refractivity contribution in [1.82, 2.24) is 4.72 Å². The average molecular weight is 314 g/mol. The molecule has 1 aliphatic heterocycles. The maximum absolute atomic E-state index is 12.1. The second kappa shape index (κ2) is 6.10. The van der Waals surface area contributed by atoms with E-state index in [0.29, 0.717) is 18.7 Å². The number of anilines is 1. The maximum Gasteiger partial charge on any atom is 0.240 e. The minimum atomic E-state index is -3.71. The molecule has 7 nitrogen and oxygen atoms in total. The second-order valence-electron chi connectivity index (χ2n) is 5.06. The minimum Gasteiger partial charge on any atom is -0.386 e. The highest BCUT2D eigenvalue weighted by molar-refractivity contribution is 7.89. The van der Waals surface area contributed by atoms with Crippen LogP contribution in [0, 0.1) is 0 Å². The van der Waals surface area contributed by atoms with Gasteiger partial charge in [0.25, 0.3) is 0 Å². The number of ether oxygens (including phenoxy) is 1. The molecule has 0 spiro atoms. The Labute approximate surface area is 123 Å². The molecule has 0 saturated carbocycles. The number of sulfonamides is 1.